The Hall–Kier alpha value is -1.74. The van der Waals surface area contributed by atoms with Gasteiger partial charge in [0.15, 0.2) is 0 Å². The van der Waals surface area contributed by atoms with Crippen LogP contribution in [0.5, 0.6) is 0 Å². The largest absolute Gasteiger partial charge is 0.465 e. The molecular weight excluding hydrogens is 440 g/mol. The summed E-state index contributed by atoms with van der Waals surface area (Å²) in [5.74, 6) is -1.47. The van der Waals surface area contributed by atoms with Crippen LogP contribution < -0.4 is 11.1 Å². The molecule has 1 amide bonds. The van der Waals surface area contributed by atoms with Crippen molar-refractivity contribution < 1.29 is 18.7 Å². The lowest BCUT2D eigenvalue weighted by atomic mass is 10.0. The number of nitrogens with two attached hydrogens (primary N) is 1. The predicted octanol–water partition coefficient (Wildman–Crippen LogP) is 4.02. The summed E-state index contributed by atoms with van der Waals surface area (Å²) in [6, 6.07) is 3.77. The van der Waals surface area contributed by atoms with Crippen LogP contribution in [0, 0.1) is 11.6 Å². The predicted molar refractivity (Wildman–Crippen MR) is 88.0 cm³/mol. The third kappa shape index (κ3) is 4.61. The Bertz CT molecular complexity index is 739. The van der Waals surface area contributed by atoms with Crippen LogP contribution in [-0.2, 0) is 6.42 Å². The number of halogens is 4. The van der Waals surface area contributed by atoms with E-state index in [-0.39, 0.29) is 6.42 Å². The average Bonchev–Trinajstić information content (AvgIpc) is 2.40. The Labute approximate surface area is 147 Å². The van der Waals surface area contributed by atoms with E-state index in [0.717, 1.165) is 18.2 Å². The zero-order valence-electron chi connectivity index (χ0n) is 11.5. The minimum Gasteiger partial charge on any atom is -0.465 e. The number of nitrogens with one attached hydrogen (secondary N) is 1. The van der Waals surface area contributed by atoms with Gasteiger partial charge in [0.2, 0.25) is 0 Å². The van der Waals surface area contributed by atoms with Gasteiger partial charge in [0, 0.05) is 10.5 Å². The molecule has 0 saturated carbocycles. The highest BCUT2D eigenvalue weighted by molar-refractivity contribution is 9.11. The lowest BCUT2D eigenvalue weighted by Gasteiger charge is -2.19. The van der Waals surface area contributed by atoms with Gasteiger partial charge in [0.1, 0.15) is 16.2 Å². The summed E-state index contributed by atoms with van der Waals surface area (Å²) in [5.41, 5.74) is 6.71. The van der Waals surface area contributed by atoms with Crippen LogP contribution >= 0.6 is 31.9 Å². The fourth-order valence-corrected chi connectivity index (χ4v) is 2.98. The van der Waals surface area contributed by atoms with Crippen LogP contribution in [0.25, 0.3) is 0 Å². The Balaban J connectivity index is 2.41. The van der Waals surface area contributed by atoms with Gasteiger partial charge < -0.3 is 16.2 Å². The van der Waals surface area contributed by atoms with Crippen molar-refractivity contribution in [3.8, 4) is 0 Å². The van der Waals surface area contributed by atoms with Gasteiger partial charge in [-0.1, -0.05) is 0 Å². The normalized spacial score (nSPS) is 12.0. The highest BCUT2D eigenvalue weighted by Crippen LogP contribution is 2.30. The summed E-state index contributed by atoms with van der Waals surface area (Å²) in [6.45, 7) is 0. The molecule has 5 nitrogen and oxygen atoms in total. The summed E-state index contributed by atoms with van der Waals surface area (Å²) in [5, 5.41) is 11.3. The number of pyridine rings is 1. The van der Waals surface area contributed by atoms with Crippen LogP contribution in [0.15, 0.2) is 33.3 Å². The van der Waals surface area contributed by atoms with Crippen LogP contribution in [-0.4, -0.2) is 16.2 Å². The first-order valence-electron chi connectivity index (χ1n) is 6.32. The molecule has 1 unspecified atom stereocenters. The zero-order chi connectivity index (χ0) is 17.1. The second-order valence-electron chi connectivity index (χ2n) is 4.72. The molecule has 0 spiro atoms. The number of benzene rings is 1. The third-order valence-corrected chi connectivity index (χ3v) is 4.24. The van der Waals surface area contributed by atoms with Gasteiger partial charge in [-0.15, -0.1) is 0 Å². The number of rotatable bonds is 4. The molecule has 4 N–H and O–H groups in total. The summed E-state index contributed by atoms with van der Waals surface area (Å²) < 4.78 is 27.5. The van der Waals surface area contributed by atoms with Gasteiger partial charge in [-0.2, -0.15) is 0 Å². The highest BCUT2D eigenvalue weighted by Gasteiger charge is 2.21. The van der Waals surface area contributed by atoms with Crippen molar-refractivity contribution in [2.45, 2.75) is 12.5 Å². The monoisotopic (exact) mass is 449 g/mol. The van der Waals surface area contributed by atoms with Crippen LogP contribution in [0.3, 0.4) is 0 Å². The molecule has 0 saturated heterocycles. The number of carbonyl (C=O) groups is 1. The molecule has 9 heteroatoms. The van der Waals surface area contributed by atoms with Crippen LogP contribution in [0.1, 0.15) is 17.3 Å². The van der Waals surface area contributed by atoms with E-state index >= 15 is 0 Å². The van der Waals surface area contributed by atoms with Gasteiger partial charge in [0.25, 0.3) is 0 Å². The molecule has 0 aliphatic carbocycles. The average molecular weight is 451 g/mol. The standard InChI is InChI=1S/C14H11Br2F2N3O2/c15-9-5-10(19)13(16)21-12(9)11(20-14(22)23)3-6-1-7(17)4-8(18)2-6/h1-2,4-5,11,20H,3,19H2,(H,22,23). The number of hydrogen-bond donors (Lipinski definition) is 3. The quantitative estimate of drug-likeness (QED) is 0.614. The molecule has 1 aromatic heterocycles. The second kappa shape index (κ2) is 7.22. The van der Waals surface area contributed by atoms with E-state index in [2.05, 4.69) is 42.2 Å². The molecule has 1 atom stereocenters. The van der Waals surface area contributed by atoms with Crippen LogP contribution in [0.4, 0.5) is 19.3 Å². The third-order valence-electron chi connectivity index (χ3n) is 2.97. The molecule has 0 aliphatic heterocycles. The minimum atomic E-state index is -1.28. The van der Waals surface area contributed by atoms with Gasteiger partial charge in [-0.05, 0) is 62.0 Å². The van der Waals surface area contributed by atoms with E-state index in [1.54, 1.807) is 6.07 Å². The van der Waals surface area contributed by atoms with Crippen molar-refractivity contribution in [2.75, 3.05) is 5.73 Å². The van der Waals surface area contributed by atoms with Crippen molar-refractivity contribution in [1.82, 2.24) is 10.3 Å². The molecule has 1 aromatic carbocycles. The first kappa shape index (κ1) is 17.6. The number of hydrogen-bond acceptors (Lipinski definition) is 3. The number of aromatic nitrogens is 1. The molecule has 0 radical (unpaired) electrons. The first-order valence-corrected chi connectivity index (χ1v) is 7.90. The SMILES string of the molecule is Nc1cc(Br)c(C(Cc2cc(F)cc(F)c2)NC(=O)O)nc1Br. The maximum Gasteiger partial charge on any atom is 0.405 e. The van der Waals surface area contributed by atoms with Crippen molar-refractivity contribution in [1.29, 1.82) is 0 Å². The minimum absolute atomic E-state index is 0.0168. The molecule has 23 heavy (non-hydrogen) atoms. The molecule has 0 fully saturated rings. The number of amides is 1. The number of nitrogen functional groups attached to an aromatic ring is 1. The zero-order valence-corrected chi connectivity index (χ0v) is 14.7. The molecule has 122 valence electrons. The van der Waals surface area contributed by atoms with E-state index in [4.69, 9.17) is 10.8 Å². The molecule has 2 aromatic rings. The number of anilines is 1. The first-order chi connectivity index (χ1) is 10.8. The summed E-state index contributed by atoms with van der Waals surface area (Å²) >= 11 is 6.44. The number of nitrogens with zero attached hydrogens (tertiary/aromatic N) is 1. The summed E-state index contributed by atoms with van der Waals surface area (Å²) in [4.78, 5) is 15.2. The molecule has 1 heterocycles. The molecule has 2 rings (SSSR count). The summed E-state index contributed by atoms with van der Waals surface area (Å²) in [6.07, 6.45) is -1.27. The smallest absolute Gasteiger partial charge is 0.405 e. The lowest BCUT2D eigenvalue weighted by molar-refractivity contribution is 0.189. The van der Waals surface area contributed by atoms with Gasteiger partial charge in [-0.25, -0.2) is 18.6 Å². The topological polar surface area (TPSA) is 88.2 Å². The second-order valence-corrected chi connectivity index (χ2v) is 6.32. The van der Waals surface area contributed by atoms with E-state index in [0.29, 0.717) is 26.0 Å². The van der Waals surface area contributed by atoms with E-state index in [1.807, 2.05) is 0 Å². The van der Waals surface area contributed by atoms with Gasteiger partial charge in [-0.3, -0.25) is 0 Å². The van der Waals surface area contributed by atoms with Crippen molar-refractivity contribution in [3.63, 3.8) is 0 Å². The Kier molecular flexibility index (Phi) is 5.53. The fraction of sp³-hybridized carbons (Fsp3) is 0.143. The Morgan fingerprint density at radius 2 is 1.87 bits per heavy atom. The molecule has 0 aliphatic rings. The number of carboxylic acid groups (broad SMARTS) is 1. The van der Waals surface area contributed by atoms with Crippen molar-refractivity contribution >= 4 is 43.6 Å². The van der Waals surface area contributed by atoms with E-state index in [1.165, 1.54) is 0 Å². The lowest BCUT2D eigenvalue weighted by Crippen LogP contribution is -2.29. The van der Waals surface area contributed by atoms with E-state index in [9.17, 15) is 13.6 Å². The van der Waals surface area contributed by atoms with E-state index < -0.39 is 23.8 Å². The van der Waals surface area contributed by atoms with Crippen molar-refractivity contribution in [2.24, 2.45) is 0 Å². The van der Waals surface area contributed by atoms with Crippen molar-refractivity contribution in [3.05, 3.63) is 56.2 Å². The molecular formula is C14H11Br2F2N3O2. The fourth-order valence-electron chi connectivity index (χ4n) is 2.07. The summed E-state index contributed by atoms with van der Waals surface area (Å²) in [7, 11) is 0. The molecule has 0 bridgehead atoms. The maximum atomic E-state index is 13.3. The van der Waals surface area contributed by atoms with Crippen LogP contribution in [0.2, 0.25) is 0 Å². The Morgan fingerprint density at radius 3 is 2.43 bits per heavy atom. The Morgan fingerprint density at radius 1 is 1.26 bits per heavy atom. The maximum absolute atomic E-state index is 13.3. The van der Waals surface area contributed by atoms with Gasteiger partial charge >= 0.3 is 6.09 Å². The van der Waals surface area contributed by atoms with Gasteiger partial charge in [0.05, 0.1) is 17.4 Å². The highest BCUT2D eigenvalue weighted by atomic mass is 79.9.